The maximum Gasteiger partial charge on any atom is 0.276 e. The number of benzene rings is 6. The molecular formula is C45H30N4O12. The molecule has 2 heterocycles. The van der Waals surface area contributed by atoms with Crippen molar-refractivity contribution in [1.29, 1.82) is 0 Å². The third-order valence-corrected chi connectivity index (χ3v) is 10.2. The number of nitro groups is 2. The van der Waals surface area contributed by atoms with Gasteiger partial charge in [-0.2, -0.15) is 0 Å². The molecular weight excluding hydrogens is 789 g/mol. The second-order valence-electron chi connectivity index (χ2n) is 13.9. The van der Waals surface area contributed by atoms with Gasteiger partial charge in [0.15, 0.2) is 0 Å². The summed E-state index contributed by atoms with van der Waals surface area (Å²) in [7, 11) is 1.24. The van der Waals surface area contributed by atoms with Crippen LogP contribution in [0.2, 0.25) is 0 Å². The molecule has 0 atom stereocenters. The van der Waals surface area contributed by atoms with Gasteiger partial charge in [0.1, 0.15) is 36.2 Å². The predicted molar refractivity (Wildman–Crippen MR) is 216 cm³/mol. The van der Waals surface area contributed by atoms with Crippen LogP contribution in [0.5, 0.6) is 23.0 Å². The second-order valence-corrected chi connectivity index (χ2v) is 13.9. The van der Waals surface area contributed by atoms with Crippen LogP contribution in [0.15, 0.2) is 121 Å². The van der Waals surface area contributed by atoms with Crippen LogP contribution < -0.4 is 19.1 Å². The lowest BCUT2D eigenvalue weighted by molar-refractivity contribution is -0.386. The van der Waals surface area contributed by atoms with E-state index in [-0.39, 0.29) is 67.3 Å². The first-order valence-electron chi connectivity index (χ1n) is 18.5. The summed E-state index contributed by atoms with van der Waals surface area (Å²) < 4.78 is 18.1. The molecule has 0 saturated carbocycles. The zero-order valence-corrected chi connectivity index (χ0v) is 32.1. The summed E-state index contributed by atoms with van der Waals surface area (Å²) in [6, 6.07) is 29.8. The molecule has 2 aliphatic heterocycles. The first kappa shape index (κ1) is 39.3. The average Bonchev–Trinajstić information content (AvgIpc) is 3.65. The van der Waals surface area contributed by atoms with Crippen molar-refractivity contribution in [2.24, 2.45) is 0 Å². The van der Waals surface area contributed by atoms with Gasteiger partial charge in [0, 0.05) is 19.2 Å². The Kier molecular flexibility index (Phi) is 10.1. The van der Waals surface area contributed by atoms with Gasteiger partial charge >= 0.3 is 0 Å². The Balaban J connectivity index is 1.22. The van der Waals surface area contributed by atoms with Crippen LogP contribution in [-0.4, -0.2) is 51.2 Å². The number of hydrogen-bond acceptors (Lipinski definition) is 12. The second kappa shape index (κ2) is 15.7. The average molecular weight is 819 g/mol. The Hall–Kier alpha value is -8.53. The minimum Gasteiger partial charge on any atom is -0.487 e. The Labute approximate surface area is 345 Å². The van der Waals surface area contributed by atoms with Crippen molar-refractivity contribution in [2.75, 3.05) is 11.9 Å². The van der Waals surface area contributed by atoms with Gasteiger partial charge in [-0.25, -0.2) is 4.90 Å². The monoisotopic (exact) mass is 818 g/mol. The summed E-state index contributed by atoms with van der Waals surface area (Å²) in [6.07, 6.45) is 0. The van der Waals surface area contributed by atoms with Gasteiger partial charge in [0.05, 0.1) is 60.0 Å². The number of anilines is 1. The molecule has 2 aliphatic rings. The van der Waals surface area contributed by atoms with Crippen LogP contribution in [0.3, 0.4) is 0 Å². The SMILES string of the molecule is Cc1ccc(Oc2ccc(N3C(=O)c4ccc(C(=O)c5ccc6c(c5OCc5ccccc5[N+](=O)[O-])C(=O)N(C)C6=O)c(OCc5ccccc5[N+](=O)[O-])c4C3=O)cc2)cc1. The number of aryl methyl sites for hydroxylation is 1. The number of rotatable bonds is 13. The zero-order chi connectivity index (χ0) is 43.1. The van der Waals surface area contributed by atoms with Crippen molar-refractivity contribution in [2.45, 2.75) is 20.1 Å². The fraction of sp³-hybridized carbons (Fsp3) is 0.0889. The van der Waals surface area contributed by atoms with E-state index in [4.69, 9.17) is 14.2 Å². The fourth-order valence-electron chi connectivity index (χ4n) is 7.08. The van der Waals surface area contributed by atoms with Crippen molar-refractivity contribution in [3.63, 3.8) is 0 Å². The highest BCUT2D eigenvalue weighted by Crippen LogP contribution is 2.42. The van der Waals surface area contributed by atoms with E-state index >= 15 is 0 Å². The molecule has 16 heteroatoms. The minimum absolute atomic E-state index is 0.0828. The van der Waals surface area contributed by atoms with Crippen LogP contribution in [0.25, 0.3) is 0 Å². The van der Waals surface area contributed by atoms with Gasteiger partial charge in [-0.3, -0.25) is 49.1 Å². The lowest BCUT2D eigenvalue weighted by Gasteiger charge is -2.18. The number of amides is 4. The summed E-state index contributed by atoms with van der Waals surface area (Å²) in [4.78, 5) is 94.1. The fourth-order valence-corrected chi connectivity index (χ4v) is 7.08. The first-order chi connectivity index (χ1) is 29.3. The molecule has 61 heavy (non-hydrogen) atoms. The quantitative estimate of drug-likeness (QED) is 0.0470. The maximum absolute atomic E-state index is 14.9. The topological polar surface area (TPSA) is 206 Å². The third kappa shape index (κ3) is 7.07. The van der Waals surface area contributed by atoms with Gasteiger partial charge in [-0.15, -0.1) is 0 Å². The standard InChI is InChI=1S/C45H30N4O12/c1-25-11-15-29(16-12-25)61-30-17-13-28(14-18-30)47-43(52)32-20-22-34(41(38(32)45(47)54)60-24-27-8-4-6-10-36(27)49(57)58)39(50)33-21-19-31-37(44(53)46(2)42(31)51)40(33)59-23-26-7-3-5-9-35(26)48(55)56/h3-22H,23-24H2,1-2H3. The predicted octanol–water partition coefficient (Wildman–Crippen LogP) is 8.02. The molecule has 0 spiro atoms. The lowest BCUT2D eigenvalue weighted by Crippen LogP contribution is -2.29. The molecule has 0 radical (unpaired) electrons. The first-order valence-corrected chi connectivity index (χ1v) is 18.5. The van der Waals surface area contributed by atoms with E-state index in [2.05, 4.69) is 0 Å². The summed E-state index contributed by atoms with van der Waals surface area (Å²) in [5.41, 5.74) is -0.626. The number of ketones is 1. The third-order valence-electron chi connectivity index (χ3n) is 10.2. The number of ether oxygens (including phenoxy) is 3. The van der Waals surface area contributed by atoms with Crippen molar-refractivity contribution in [3.05, 3.63) is 192 Å². The van der Waals surface area contributed by atoms with E-state index in [9.17, 15) is 44.2 Å². The number of nitro benzene ring substituents is 2. The molecule has 0 fully saturated rings. The molecule has 6 aromatic rings. The van der Waals surface area contributed by atoms with E-state index in [0.717, 1.165) is 15.4 Å². The number of carbonyl (C=O) groups is 5. The molecule has 4 amide bonds. The summed E-state index contributed by atoms with van der Waals surface area (Å²) in [5.74, 6) is -3.78. The molecule has 0 unspecified atom stereocenters. The molecule has 6 aromatic carbocycles. The Morgan fingerprint density at radius 3 is 1.54 bits per heavy atom. The molecule has 0 saturated heterocycles. The minimum atomic E-state index is -0.896. The highest BCUT2D eigenvalue weighted by molar-refractivity contribution is 6.36. The van der Waals surface area contributed by atoms with Gasteiger partial charge in [0.25, 0.3) is 35.0 Å². The highest BCUT2D eigenvalue weighted by Gasteiger charge is 2.43. The summed E-state index contributed by atoms with van der Waals surface area (Å²) >= 11 is 0. The molecule has 0 aliphatic carbocycles. The Morgan fingerprint density at radius 2 is 1.03 bits per heavy atom. The maximum atomic E-state index is 14.9. The summed E-state index contributed by atoms with van der Waals surface area (Å²) in [6.45, 7) is 0.916. The number of hydrogen-bond donors (Lipinski definition) is 0. The van der Waals surface area contributed by atoms with Crippen molar-refractivity contribution < 1.29 is 48.0 Å². The van der Waals surface area contributed by atoms with E-state index in [1.165, 1.54) is 92.0 Å². The van der Waals surface area contributed by atoms with Crippen molar-refractivity contribution in [1.82, 2.24) is 4.90 Å². The molecule has 0 N–H and O–H groups in total. The molecule has 16 nitrogen and oxygen atoms in total. The van der Waals surface area contributed by atoms with E-state index in [1.54, 1.807) is 24.3 Å². The number of nitrogens with zero attached hydrogens (tertiary/aromatic N) is 4. The molecule has 0 bridgehead atoms. The molecule has 8 rings (SSSR count). The Morgan fingerprint density at radius 1 is 0.574 bits per heavy atom. The van der Waals surface area contributed by atoms with Crippen LogP contribution in [-0.2, 0) is 13.2 Å². The van der Waals surface area contributed by atoms with Crippen LogP contribution in [0.1, 0.15) is 74.0 Å². The number of para-hydroxylation sites is 2. The van der Waals surface area contributed by atoms with Gasteiger partial charge in [-0.05, 0) is 79.7 Å². The summed E-state index contributed by atoms with van der Waals surface area (Å²) in [5, 5.41) is 23.7. The zero-order valence-electron chi connectivity index (χ0n) is 32.1. The smallest absolute Gasteiger partial charge is 0.276 e. The van der Waals surface area contributed by atoms with Crippen molar-refractivity contribution >= 4 is 46.5 Å². The van der Waals surface area contributed by atoms with Crippen molar-refractivity contribution in [3.8, 4) is 23.0 Å². The Bertz CT molecular complexity index is 2870. The number of carbonyl (C=O) groups excluding carboxylic acids is 5. The van der Waals surface area contributed by atoms with Gasteiger partial charge in [0.2, 0.25) is 5.78 Å². The lowest BCUT2D eigenvalue weighted by atomic mass is 9.94. The number of imide groups is 2. The van der Waals surface area contributed by atoms with Crippen LogP contribution >= 0.6 is 0 Å². The highest BCUT2D eigenvalue weighted by atomic mass is 16.6. The normalized spacial score (nSPS) is 13.0. The van der Waals surface area contributed by atoms with Gasteiger partial charge in [-0.1, -0.05) is 42.0 Å². The molecule has 302 valence electrons. The van der Waals surface area contributed by atoms with Gasteiger partial charge < -0.3 is 14.2 Å². The van der Waals surface area contributed by atoms with Crippen LogP contribution in [0.4, 0.5) is 17.1 Å². The molecule has 0 aromatic heterocycles. The largest absolute Gasteiger partial charge is 0.487 e. The number of fused-ring (bicyclic) bond motifs is 2. The van der Waals surface area contributed by atoms with E-state index in [1.807, 2.05) is 19.1 Å². The van der Waals surface area contributed by atoms with E-state index in [0.29, 0.717) is 11.5 Å². The van der Waals surface area contributed by atoms with Crippen LogP contribution in [0, 0.1) is 27.2 Å². The van der Waals surface area contributed by atoms with E-state index < -0.39 is 58.2 Å².